The van der Waals surface area contributed by atoms with Gasteiger partial charge in [-0.2, -0.15) is 0 Å². The van der Waals surface area contributed by atoms with Gasteiger partial charge in [-0.15, -0.1) is 0 Å². The van der Waals surface area contributed by atoms with E-state index in [-0.39, 0.29) is 62.4 Å². The minimum atomic E-state index is -1.56. The molecule has 10 nitrogen and oxygen atoms in total. The Bertz CT molecular complexity index is 2980. The van der Waals surface area contributed by atoms with Crippen LogP contribution in [-0.4, -0.2) is 127 Å². The number of nitrogens with zero attached hydrogens (tertiary/aromatic N) is 5. The van der Waals surface area contributed by atoms with Crippen LogP contribution in [0, 0.1) is 52.4 Å². The molecule has 6 aromatic carbocycles. The molecule has 0 saturated carbocycles. The number of hydrogen-bond acceptors (Lipinski definition) is 10. The van der Waals surface area contributed by atoms with Crippen LogP contribution in [0.3, 0.4) is 0 Å². The van der Waals surface area contributed by atoms with Gasteiger partial charge in [-0.05, 0) is 190 Å². The standard InChI is InChI=1S/C60H73F9N10/c1-75(2)56(41-14-11-17-44(61)32-41)38-73-60(78(7)8,51-36-48(65)21-24-53(51)68)40-74-57(76(3)4,42-15-12-18-45(62)33-42)26-28-71-58(77(5)6,50-35-47(64)20-23-52(50)67)27-29-72-59(79-30-9-10-31-79,43-16-13-19-46(63)34-43)39-70-55-37-49(66)22-25-54(55)69/h11-25,32-37,56,70-74H,9-10,26-31,38-40H2,1-8H3. The highest BCUT2D eigenvalue weighted by molar-refractivity contribution is 5.46. The van der Waals surface area contributed by atoms with E-state index in [2.05, 4.69) is 31.5 Å². The van der Waals surface area contributed by atoms with Gasteiger partial charge in [0.1, 0.15) is 69.3 Å². The first kappa shape index (κ1) is 60.8. The van der Waals surface area contributed by atoms with Gasteiger partial charge < -0.3 is 10.2 Å². The summed E-state index contributed by atoms with van der Waals surface area (Å²) in [7, 11) is 14.1. The fraction of sp³-hybridized carbons (Fsp3) is 0.400. The van der Waals surface area contributed by atoms with E-state index in [9.17, 15) is 8.78 Å². The lowest BCUT2D eigenvalue weighted by Crippen LogP contribution is -2.65. The molecule has 0 bridgehead atoms. The number of likely N-dealkylation sites (tertiary alicyclic amines) is 1. The summed E-state index contributed by atoms with van der Waals surface area (Å²) < 4.78 is 140. The van der Waals surface area contributed by atoms with Gasteiger partial charge >= 0.3 is 0 Å². The molecule has 0 spiro atoms. The second-order valence-corrected chi connectivity index (χ2v) is 21.2. The quantitative estimate of drug-likeness (QED) is 0.0255. The van der Waals surface area contributed by atoms with Crippen molar-refractivity contribution < 1.29 is 39.5 Å². The molecule has 5 N–H and O–H groups in total. The van der Waals surface area contributed by atoms with Gasteiger partial charge in [-0.1, -0.05) is 36.4 Å². The van der Waals surface area contributed by atoms with Crippen LogP contribution in [0.2, 0.25) is 0 Å². The molecule has 1 aliphatic heterocycles. The molecule has 19 heteroatoms. The van der Waals surface area contributed by atoms with Crippen LogP contribution in [0.25, 0.3) is 0 Å². The van der Waals surface area contributed by atoms with Crippen molar-refractivity contribution in [3.05, 3.63) is 208 Å². The predicted molar refractivity (Wildman–Crippen MR) is 293 cm³/mol. The molecule has 426 valence electrons. The Labute approximate surface area is 459 Å². The summed E-state index contributed by atoms with van der Waals surface area (Å²) in [6, 6.07) is 27.1. The van der Waals surface area contributed by atoms with Crippen LogP contribution in [0.1, 0.15) is 59.5 Å². The first-order valence-corrected chi connectivity index (χ1v) is 26.4. The molecule has 1 fully saturated rings. The van der Waals surface area contributed by atoms with E-state index in [4.69, 9.17) is 0 Å². The Morgan fingerprint density at radius 1 is 0.456 bits per heavy atom. The van der Waals surface area contributed by atoms with Crippen molar-refractivity contribution in [1.82, 2.24) is 45.8 Å². The second-order valence-electron chi connectivity index (χ2n) is 21.2. The summed E-state index contributed by atoms with van der Waals surface area (Å²) in [6.45, 7) is 1.06. The minimum absolute atomic E-state index is 0.0103. The zero-order valence-electron chi connectivity index (χ0n) is 46.1. The molecule has 6 aromatic rings. The Kier molecular flexibility index (Phi) is 20.1. The van der Waals surface area contributed by atoms with E-state index in [0.29, 0.717) is 29.8 Å². The molecular weight excluding hydrogens is 1030 g/mol. The van der Waals surface area contributed by atoms with Crippen LogP contribution in [-0.2, 0) is 22.7 Å². The van der Waals surface area contributed by atoms with Crippen LogP contribution in [0.5, 0.6) is 0 Å². The van der Waals surface area contributed by atoms with Crippen molar-refractivity contribution in [2.24, 2.45) is 0 Å². The largest absolute Gasteiger partial charge is 0.379 e. The lowest BCUT2D eigenvalue weighted by atomic mass is 9.89. The molecule has 0 amide bonds. The summed E-state index contributed by atoms with van der Waals surface area (Å²) in [5.74, 6) is -5.73. The highest BCUT2D eigenvalue weighted by atomic mass is 19.2. The molecule has 1 heterocycles. The summed E-state index contributed by atoms with van der Waals surface area (Å²) in [4.78, 5) is 9.27. The topological polar surface area (TPSA) is 76.3 Å². The number of anilines is 1. The highest BCUT2D eigenvalue weighted by Gasteiger charge is 2.46. The lowest BCUT2D eigenvalue weighted by molar-refractivity contribution is 0.0265. The monoisotopic (exact) mass is 1100 g/mol. The van der Waals surface area contributed by atoms with Gasteiger partial charge in [0.2, 0.25) is 0 Å². The lowest BCUT2D eigenvalue weighted by Gasteiger charge is -2.49. The third-order valence-electron chi connectivity index (χ3n) is 15.6. The highest BCUT2D eigenvalue weighted by Crippen LogP contribution is 2.38. The van der Waals surface area contributed by atoms with E-state index < -0.39 is 81.0 Å². The number of likely N-dealkylation sites (N-methyl/N-ethyl adjacent to an activating group) is 2. The molecule has 79 heavy (non-hydrogen) atoms. The SMILES string of the molecule is CN(C)C(CNC(CNC(CCNC(CCNC(CNc1cc(F)ccc1F)(c1cccc(F)c1)N1CCCC1)(c1cc(F)ccc1F)N(C)C)(c1cccc(F)c1)N(C)C)(c1cc(F)ccc1F)N(C)C)c1cccc(F)c1. The van der Waals surface area contributed by atoms with Crippen molar-refractivity contribution in [2.45, 2.75) is 54.4 Å². The molecular formula is C60H73F9N10. The van der Waals surface area contributed by atoms with Crippen LogP contribution in [0.15, 0.2) is 127 Å². The van der Waals surface area contributed by atoms with Gasteiger partial charge in [-0.3, -0.25) is 40.9 Å². The van der Waals surface area contributed by atoms with Crippen molar-refractivity contribution in [3.63, 3.8) is 0 Å². The predicted octanol–water partition coefficient (Wildman–Crippen LogP) is 9.98. The molecule has 5 unspecified atom stereocenters. The van der Waals surface area contributed by atoms with Crippen molar-refractivity contribution in [2.75, 3.05) is 108 Å². The van der Waals surface area contributed by atoms with Gasteiger partial charge in [0, 0.05) is 56.4 Å². The minimum Gasteiger partial charge on any atom is -0.379 e. The van der Waals surface area contributed by atoms with Crippen molar-refractivity contribution in [3.8, 4) is 0 Å². The van der Waals surface area contributed by atoms with E-state index in [1.54, 1.807) is 88.5 Å². The second kappa shape index (κ2) is 26.2. The fourth-order valence-electron chi connectivity index (χ4n) is 11.2. The molecule has 0 aliphatic carbocycles. The maximum Gasteiger partial charge on any atom is 0.146 e. The third-order valence-corrected chi connectivity index (χ3v) is 15.6. The average Bonchev–Trinajstić information content (AvgIpc) is 4.03. The number of halogens is 9. The van der Waals surface area contributed by atoms with Crippen molar-refractivity contribution in [1.29, 1.82) is 0 Å². The Morgan fingerprint density at radius 3 is 1.49 bits per heavy atom. The van der Waals surface area contributed by atoms with E-state index in [1.807, 2.05) is 23.9 Å². The average molecular weight is 1110 g/mol. The third kappa shape index (κ3) is 13.7. The normalized spacial score (nSPS) is 16.8. The van der Waals surface area contributed by atoms with Gasteiger partial charge in [-0.25, -0.2) is 39.5 Å². The first-order valence-electron chi connectivity index (χ1n) is 26.4. The van der Waals surface area contributed by atoms with Crippen LogP contribution < -0.4 is 26.6 Å². The molecule has 1 aliphatic rings. The van der Waals surface area contributed by atoms with Crippen LogP contribution in [0.4, 0.5) is 45.2 Å². The van der Waals surface area contributed by atoms with E-state index in [1.165, 1.54) is 36.4 Å². The van der Waals surface area contributed by atoms with Gasteiger partial charge in [0.25, 0.3) is 0 Å². The summed E-state index contributed by atoms with van der Waals surface area (Å²) >= 11 is 0. The smallest absolute Gasteiger partial charge is 0.146 e. The molecule has 5 atom stereocenters. The number of nitrogens with one attached hydrogen (secondary N) is 5. The van der Waals surface area contributed by atoms with Gasteiger partial charge in [0.15, 0.2) is 0 Å². The molecule has 0 radical (unpaired) electrons. The molecule has 0 aromatic heterocycles. The summed E-state index contributed by atoms with van der Waals surface area (Å²) in [5, 5.41) is 17.5. The van der Waals surface area contributed by atoms with Crippen molar-refractivity contribution >= 4 is 5.69 Å². The number of hydrogen-bond donors (Lipinski definition) is 5. The summed E-state index contributed by atoms with van der Waals surface area (Å²) in [5.41, 5.74) is -4.34. The zero-order chi connectivity index (χ0) is 57.3. The Morgan fingerprint density at radius 2 is 0.937 bits per heavy atom. The van der Waals surface area contributed by atoms with Gasteiger partial charge in [0.05, 0.1) is 17.9 Å². The molecule has 1 saturated heterocycles. The number of rotatable bonds is 27. The zero-order valence-corrected chi connectivity index (χ0v) is 46.1. The molecule has 7 rings (SSSR count). The van der Waals surface area contributed by atoms with E-state index >= 15 is 30.7 Å². The fourth-order valence-corrected chi connectivity index (χ4v) is 11.2. The van der Waals surface area contributed by atoms with Crippen LogP contribution >= 0.6 is 0 Å². The van der Waals surface area contributed by atoms with E-state index in [0.717, 1.165) is 67.4 Å². The Balaban J connectivity index is 1.29. The number of benzene rings is 6. The Hall–Kier alpha value is -5.87. The maximum absolute atomic E-state index is 16.6. The summed E-state index contributed by atoms with van der Waals surface area (Å²) in [6.07, 6.45) is 1.69. The first-order chi connectivity index (χ1) is 37.6. The maximum atomic E-state index is 16.6.